The normalized spacial score (nSPS) is 11.0. The third-order valence-electron chi connectivity index (χ3n) is 1.51. The van der Waals surface area contributed by atoms with E-state index in [2.05, 4.69) is 5.73 Å². The average molecular weight is 161 g/mol. The van der Waals surface area contributed by atoms with Crippen LogP contribution in [-0.4, -0.2) is 41.7 Å². The molecule has 4 nitrogen and oxygen atoms in total. The average Bonchev–Trinajstić information content (AvgIpc) is 1.86. The van der Waals surface area contributed by atoms with Gasteiger partial charge in [-0.1, -0.05) is 0 Å². The number of carbonyl (C=O) groups is 1. The molecule has 0 aromatic rings. The number of hydrogen-bond acceptors (Lipinski definition) is 2. The molecule has 4 heteroatoms. The van der Waals surface area contributed by atoms with Crippen LogP contribution in [-0.2, 0) is 4.79 Å². The Labute approximate surface area is 67.0 Å². The number of rotatable bonds is 5. The van der Waals surface area contributed by atoms with Crippen LogP contribution in [0.4, 0.5) is 0 Å². The first-order valence-electron chi connectivity index (χ1n) is 3.83. The van der Waals surface area contributed by atoms with Gasteiger partial charge in [0.05, 0.1) is 13.1 Å². The lowest BCUT2D eigenvalue weighted by atomic mass is 10.3. The maximum atomic E-state index is 10.3. The van der Waals surface area contributed by atoms with Crippen molar-refractivity contribution in [1.82, 2.24) is 4.90 Å². The molecule has 0 heterocycles. The van der Waals surface area contributed by atoms with Crippen molar-refractivity contribution < 1.29 is 15.6 Å². The molecule has 0 aliphatic rings. The Balaban J connectivity index is 3.79. The molecule has 0 saturated heterocycles. The molecule has 0 aliphatic heterocycles. The van der Waals surface area contributed by atoms with E-state index < -0.39 is 5.97 Å². The summed E-state index contributed by atoms with van der Waals surface area (Å²) in [5, 5.41) is 8.50. The zero-order chi connectivity index (χ0) is 8.85. The van der Waals surface area contributed by atoms with Crippen molar-refractivity contribution >= 4 is 5.97 Å². The van der Waals surface area contributed by atoms with Crippen LogP contribution in [0.25, 0.3) is 0 Å². The Morgan fingerprint density at radius 3 is 2.45 bits per heavy atom. The Kier molecular flexibility index (Phi) is 4.81. The van der Waals surface area contributed by atoms with Gasteiger partial charge in [0.1, 0.15) is 0 Å². The predicted molar refractivity (Wildman–Crippen MR) is 42.1 cm³/mol. The van der Waals surface area contributed by atoms with E-state index in [0.29, 0.717) is 0 Å². The van der Waals surface area contributed by atoms with Crippen LogP contribution in [0.2, 0.25) is 0 Å². The van der Waals surface area contributed by atoms with Crippen molar-refractivity contribution in [3.05, 3.63) is 0 Å². The molecule has 0 saturated carbocycles. The van der Waals surface area contributed by atoms with E-state index >= 15 is 0 Å². The molecule has 11 heavy (non-hydrogen) atoms. The number of carboxylic acids is 1. The van der Waals surface area contributed by atoms with Gasteiger partial charge in [-0.25, -0.2) is 0 Å². The van der Waals surface area contributed by atoms with Gasteiger partial charge in [0.15, 0.2) is 0 Å². The third-order valence-corrected chi connectivity index (χ3v) is 1.51. The zero-order valence-corrected chi connectivity index (χ0v) is 7.21. The lowest BCUT2D eigenvalue weighted by Crippen LogP contribution is -2.56. The second kappa shape index (κ2) is 5.09. The molecule has 4 N–H and O–H groups in total. The van der Waals surface area contributed by atoms with E-state index in [9.17, 15) is 4.79 Å². The molecule has 0 atom stereocenters. The summed E-state index contributed by atoms with van der Waals surface area (Å²) in [6.07, 6.45) is 0. The fourth-order valence-electron chi connectivity index (χ4n) is 0.897. The van der Waals surface area contributed by atoms with Crippen molar-refractivity contribution in [2.45, 2.75) is 19.9 Å². The summed E-state index contributed by atoms with van der Waals surface area (Å²) in [6.45, 7) is 5.60. The highest BCUT2D eigenvalue weighted by molar-refractivity contribution is 5.69. The minimum atomic E-state index is -0.771. The van der Waals surface area contributed by atoms with Crippen LogP contribution < -0.4 is 5.73 Å². The molecule has 0 rings (SSSR count). The summed E-state index contributed by atoms with van der Waals surface area (Å²) in [5.74, 6) is -0.771. The van der Waals surface area contributed by atoms with Crippen LogP contribution in [0.15, 0.2) is 0 Å². The standard InChI is InChI=1S/C7H16N2O2/c1-6(2)9(4-3-8)5-7(10)11/h6H,3-5,8H2,1-2H3,(H,10,11)/p+1. The van der Waals surface area contributed by atoms with Crippen molar-refractivity contribution in [2.24, 2.45) is 0 Å². The summed E-state index contributed by atoms with van der Waals surface area (Å²) in [7, 11) is 0. The van der Waals surface area contributed by atoms with E-state index in [0.717, 1.165) is 13.1 Å². The molecule has 0 aromatic carbocycles. The van der Waals surface area contributed by atoms with E-state index in [1.807, 2.05) is 18.7 Å². The van der Waals surface area contributed by atoms with Crippen molar-refractivity contribution in [2.75, 3.05) is 19.6 Å². The highest BCUT2D eigenvalue weighted by Gasteiger charge is 2.11. The molecule has 0 spiro atoms. The number of nitrogens with zero attached hydrogens (tertiary/aromatic N) is 1. The lowest BCUT2D eigenvalue weighted by Gasteiger charge is -2.22. The van der Waals surface area contributed by atoms with E-state index in [1.165, 1.54) is 0 Å². The lowest BCUT2D eigenvalue weighted by molar-refractivity contribution is -0.369. The van der Waals surface area contributed by atoms with Crippen LogP contribution in [0.5, 0.6) is 0 Å². The molecular formula is C7H17N2O2+. The van der Waals surface area contributed by atoms with Gasteiger partial charge in [0, 0.05) is 12.6 Å². The molecule has 0 radical (unpaired) electrons. The summed E-state index contributed by atoms with van der Waals surface area (Å²) >= 11 is 0. The Hall–Kier alpha value is -0.610. The molecule has 0 unspecified atom stereocenters. The van der Waals surface area contributed by atoms with Gasteiger partial charge in [-0.15, -0.1) is 0 Å². The van der Waals surface area contributed by atoms with E-state index in [1.54, 1.807) is 0 Å². The molecule has 0 bridgehead atoms. The monoisotopic (exact) mass is 161 g/mol. The highest BCUT2D eigenvalue weighted by atomic mass is 16.4. The summed E-state index contributed by atoms with van der Waals surface area (Å²) < 4.78 is 0. The molecule has 0 amide bonds. The maximum absolute atomic E-state index is 10.3. The first-order valence-corrected chi connectivity index (χ1v) is 3.83. The first-order chi connectivity index (χ1) is 5.07. The van der Waals surface area contributed by atoms with Gasteiger partial charge in [-0.3, -0.25) is 9.69 Å². The van der Waals surface area contributed by atoms with Gasteiger partial charge < -0.3 is 10.8 Å². The molecule has 66 valence electrons. The molecule has 0 aromatic heterocycles. The number of quaternary nitrogens is 1. The summed E-state index contributed by atoms with van der Waals surface area (Å²) in [5.41, 5.74) is 3.68. The quantitative estimate of drug-likeness (QED) is 0.544. The number of hydrogen-bond donors (Lipinski definition) is 2. The SMILES string of the molecule is CC(C)N(CC[NH3+])CC(=O)O. The minimum absolute atomic E-state index is 0.118. The minimum Gasteiger partial charge on any atom is -0.480 e. The maximum Gasteiger partial charge on any atom is 0.317 e. The highest BCUT2D eigenvalue weighted by Crippen LogP contribution is 1.95. The van der Waals surface area contributed by atoms with E-state index in [-0.39, 0.29) is 12.6 Å². The third kappa shape index (κ3) is 4.75. The first kappa shape index (κ1) is 10.4. The van der Waals surface area contributed by atoms with Crippen LogP contribution in [0.3, 0.4) is 0 Å². The molecule has 0 fully saturated rings. The number of aliphatic carboxylic acids is 1. The largest absolute Gasteiger partial charge is 0.480 e. The number of carboxylic acid groups (broad SMARTS) is 1. The summed E-state index contributed by atoms with van der Waals surface area (Å²) in [6, 6.07) is 0.285. The second-order valence-corrected chi connectivity index (χ2v) is 2.81. The van der Waals surface area contributed by atoms with Gasteiger partial charge in [0.25, 0.3) is 0 Å². The predicted octanol–water partition coefficient (Wildman–Crippen LogP) is -0.977. The summed E-state index contributed by atoms with van der Waals surface area (Å²) in [4.78, 5) is 12.2. The van der Waals surface area contributed by atoms with Gasteiger partial charge in [-0.2, -0.15) is 0 Å². The van der Waals surface area contributed by atoms with Crippen molar-refractivity contribution in [3.8, 4) is 0 Å². The molecule has 0 aliphatic carbocycles. The Morgan fingerprint density at radius 1 is 1.64 bits per heavy atom. The fraction of sp³-hybridized carbons (Fsp3) is 0.857. The molecular weight excluding hydrogens is 144 g/mol. The Bertz CT molecular complexity index is 126. The van der Waals surface area contributed by atoms with Crippen LogP contribution in [0, 0.1) is 0 Å². The smallest absolute Gasteiger partial charge is 0.317 e. The van der Waals surface area contributed by atoms with Crippen molar-refractivity contribution in [3.63, 3.8) is 0 Å². The van der Waals surface area contributed by atoms with Gasteiger partial charge >= 0.3 is 5.97 Å². The van der Waals surface area contributed by atoms with Gasteiger partial charge in [-0.05, 0) is 13.8 Å². The zero-order valence-electron chi connectivity index (χ0n) is 7.21. The van der Waals surface area contributed by atoms with E-state index in [4.69, 9.17) is 5.11 Å². The van der Waals surface area contributed by atoms with Crippen LogP contribution in [0.1, 0.15) is 13.8 Å². The van der Waals surface area contributed by atoms with Gasteiger partial charge in [0.2, 0.25) is 0 Å². The fourth-order valence-corrected chi connectivity index (χ4v) is 0.897. The Morgan fingerprint density at radius 2 is 2.18 bits per heavy atom. The van der Waals surface area contributed by atoms with Crippen LogP contribution >= 0.6 is 0 Å². The second-order valence-electron chi connectivity index (χ2n) is 2.81. The topological polar surface area (TPSA) is 68.2 Å². The van der Waals surface area contributed by atoms with Crippen molar-refractivity contribution in [1.29, 1.82) is 0 Å².